The third-order valence-electron chi connectivity index (χ3n) is 3.20. The number of carbonyl (C=O) groups is 1. The van der Waals surface area contributed by atoms with Gasteiger partial charge in [0.1, 0.15) is 6.04 Å². The summed E-state index contributed by atoms with van der Waals surface area (Å²) in [5.41, 5.74) is 1.83. The highest BCUT2D eigenvalue weighted by atomic mass is 35.5. The summed E-state index contributed by atoms with van der Waals surface area (Å²) in [7, 11) is 0. The lowest BCUT2D eigenvalue weighted by atomic mass is 9.92. The number of halogens is 1. The Hall–Kier alpha value is -1.82. The number of hydrogen-bond acceptors (Lipinski definition) is 3. The average Bonchev–Trinajstić information content (AvgIpc) is 3.03. The highest BCUT2D eigenvalue weighted by Crippen LogP contribution is 2.20. The monoisotopic (exact) mass is 309 g/mol. The summed E-state index contributed by atoms with van der Waals surface area (Å²) >= 11 is 5.80. The predicted octanol–water partition coefficient (Wildman–Crippen LogP) is 2.43. The van der Waals surface area contributed by atoms with E-state index < -0.39 is 6.04 Å². The van der Waals surface area contributed by atoms with Gasteiger partial charge in [-0.2, -0.15) is 10.2 Å². The van der Waals surface area contributed by atoms with Crippen LogP contribution in [0.3, 0.4) is 0 Å². The first-order valence-electron chi connectivity index (χ1n) is 6.79. The Labute approximate surface area is 128 Å². The van der Waals surface area contributed by atoms with E-state index in [2.05, 4.69) is 41.4 Å². The third-order valence-corrected chi connectivity index (χ3v) is 3.39. The van der Waals surface area contributed by atoms with Gasteiger partial charge in [0, 0.05) is 11.6 Å². The van der Waals surface area contributed by atoms with E-state index in [1.165, 1.54) is 10.9 Å². The average molecular weight is 310 g/mol. The van der Waals surface area contributed by atoms with E-state index in [1.54, 1.807) is 13.1 Å². The number of hydrogen-bond donors (Lipinski definition) is 2. The van der Waals surface area contributed by atoms with Gasteiger partial charge >= 0.3 is 0 Å². The van der Waals surface area contributed by atoms with E-state index in [-0.39, 0.29) is 11.3 Å². The van der Waals surface area contributed by atoms with E-state index in [1.807, 2.05) is 6.07 Å². The second-order valence-electron chi connectivity index (χ2n) is 6.06. The summed E-state index contributed by atoms with van der Waals surface area (Å²) in [6.45, 7) is 8.45. The van der Waals surface area contributed by atoms with E-state index in [4.69, 9.17) is 11.6 Å². The van der Waals surface area contributed by atoms with Gasteiger partial charge in [-0.15, -0.1) is 0 Å². The molecule has 0 aliphatic carbocycles. The number of H-pyrrole nitrogens is 1. The Kier molecular flexibility index (Phi) is 4.37. The molecule has 0 radical (unpaired) electrons. The fourth-order valence-corrected chi connectivity index (χ4v) is 1.96. The fourth-order valence-electron chi connectivity index (χ4n) is 1.81. The topological polar surface area (TPSA) is 75.6 Å². The summed E-state index contributed by atoms with van der Waals surface area (Å²) in [6.07, 6.45) is 3.13. The van der Waals surface area contributed by atoms with Crippen LogP contribution < -0.4 is 5.32 Å². The van der Waals surface area contributed by atoms with Crippen LogP contribution in [0, 0.1) is 0 Å². The summed E-state index contributed by atoms with van der Waals surface area (Å²) in [6, 6.07) is 1.55. The zero-order valence-electron chi connectivity index (χ0n) is 12.6. The van der Waals surface area contributed by atoms with Crippen LogP contribution >= 0.6 is 11.6 Å². The van der Waals surface area contributed by atoms with Gasteiger partial charge in [0.25, 0.3) is 0 Å². The first kappa shape index (κ1) is 15.6. The Balaban J connectivity index is 1.93. The van der Waals surface area contributed by atoms with E-state index in [0.717, 1.165) is 11.4 Å². The first-order chi connectivity index (χ1) is 9.77. The van der Waals surface area contributed by atoms with Crippen LogP contribution in [-0.4, -0.2) is 25.9 Å². The molecule has 0 spiro atoms. The van der Waals surface area contributed by atoms with Gasteiger partial charge < -0.3 is 5.32 Å². The maximum atomic E-state index is 12.1. The highest BCUT2D eigenvalue weighted by Gasteiger charge is 2.19. The molecule has 7 heteroatoms. The lowest BCUT2D eigenvalue weighted by Gasteiger charge is -2.13. The molecule has 21 heavy (non-hydrogen) atoms. The van der Waals surface area contributed by atoms with Crippen molar-refractivity contribution in [3.05, 3.63) is 34.9 Å². The number of nitrogens with zero attached hydrogens (tertiary/aromatic N) is 3. The van der Waals surface area contributed by atoms with Crippen molar-refractivity contribution in [3.8, 4) is 0 Å². The van der Waals surface area contributed by atoms with Crippen molar-refractivity contribution in [2.45, 2.75) is 45.7 Å². The Morgan fingerprint density at radius 2 is 2.24 bits per heavy atom. The molecular formula is C14H20ClN5O. The maximum absolute atomic E-state index is 12.1. The molecule has 1 amide bonds. The summed E-state index contributed by atoms with van der Waals surface area (Å²) in [4.78, 5) is 12.1. The number of aromatic nitrogens is 4. The van der Waals surface area contributed by atoms with Crippen molar-refractivity contribution in [1.29, 1.82) is 0 Å². The molecule has 6 nitrogen and oxygen atoms in total. The molecule has 0 bridgehead atoms. The van der Waals surface area contributed by atoms with Crippen molar-refractivity contribution < 1.29 is 4.79 Å². The molecule has 0 aliphatic heterocycles. The fraction of sp³-hybridized carbons (Fsp3) is 0.500. The maximum Gasteiger partial charge on any atom is 0.244 e. The normalized spacial score (nSPS) is 13.2. The van der Waals surface area contributed by atoms with Gasteiger partial charge in [0.2, 0.25) is 5.91 Å². The minimum atomic E-state index is -0.414. The number of amides is 1. The molecule has 0 aliphatic rings. The van der Waals surface area contributed by atoms with E-state index >= 15 is 0 Å². The number of rotatable bonds is 4. The first-order valence-corrected chi connectivity index (χ1v) is 7.17. The van der Waals surface area contributed by atoms with Crippen molar-refractivity contribution in [3.63, 3.8) is 0 Å². The molecule has 2 aromatic rings. The molecule has 0 unspecified atom stereocenters. The molecule has 1 atom stereocenters. The summed E-state index contributed by atoms with van der Waals surface area (Å²) in [5.74, 6) is -0.123. The molecule has 0 saturated carbocycles. The zero-order chi connectivity index (χ0) is 15.6. The largest absolute Gasteiger partial charge is 0.349 e. The third kappa shape index (κ3) is 3.85. The smallest absolute Gasteiger partial charge is 0.244 e. The molecule has 0 fully saturated rings. The van der Waals surface area contributed by atoms with Crippen LogP contribution in [0.15, 0.2) is 18.5 Å². The van der Waals surface area contributed by atoms with Gasteiger partial charge in [0.05, 0.1) is 29.2 Å². The van der Waals surface area contributed by atoms with Crippen LogP contribution in [0.25, 0.3) is 0 Å². The van der Waals surface area contributed by atoms with E-state index in [0.29, 0.717) is 11.6 Å². The lowest BCUT2D eigenvalue weighted by molar-refractivity contribution is -0.124. The van der Waals surface area contributed by atoms with Gasteiger partial charge in [-0.1, -0.05) is 32.4 Å². The SMILES string of the molecule is C[C@@H](C(=O)NCc1cc(C(C)(C)C)n[nH]1)n1cc(Cl)cn1. The Morgan fingerprint density at radius 3 is 2.76 bits per heavy atom. The Bertz CT molecular complexity index is 625. The van der Waals surface area contributed by atoms with Gasteiger partial charge in [-0.3, -0.25) is 14.6 Å². The molecular weight excluding hydrogens is 290 g/mol. The highest BCUT2D eigenvalue weighted by molar-refractivity contribution is 6.30. The van der Waals surface area contributed by atoms with Crippen LogP contribution in [0.5, 0.6) is 0 Å². The molecule has 114 valence electrons. The van der Waals surface area contributed by atoms with Crippen LogP contribution in [-0.2, 0) is 16.8 Å². The van der Waals surface area contributed by atoms with Gasteiger partial charge in [-0.25, -0.2) is 0 Å². The second-order valence-corrected chi connectivity index (χ2v) is 6.50. The molecule has 0 aromatic carbocycles. The van der Waals surface area contributed by atoms with Crippen molar-refractivity contribution in [2.24, 2.45) is 0 Å². The molecule has 2 aromatic heterocycles. The van der Waals surface area contributed by atoms with Crippen LogP contribution in [0.2, 0.25) is 5.02 Å². The molecule has 2 rings (SSSR count). The molecule has 0 saturated heterocycles. The predicted molar refractivity (Wildman–Crippen MR) is 81.1 cm³/mol. The van der Waals surface area contributed by atoms with E-state index in [9.17, 15) is 4.79 Å². The standard InChI is InChI=1S/C14H20ClN5O/c1-9(20-8-10(15)6-17-20)13(21)16-7-11-5-12(19-18-11)14(2,3)4/h5-6,8-9H,7H2,1-4H3,(H,16,21)(H,18,19)/t9-/m0/s1. The van der Waals surface area contributed by atoms with Gasteiger partial charge in [0.15, 0.2) is 0 Å². The van der Waals surface area contributed by atoms with Crippen molar-refractivity contribution >= 4 is 17.5 Å². The van der Waals surface area contributed by atoms with Crippen LogP contribution in [0.1, 0.15) is 45.1 Å². The summed E-state index contributed by atoms with van der Waals surface area (Å²) in [5, 5.41) is 14.6. The number of carbonyl (C=O) groups excluding carboxylic acids is 1. The molecule has 2 heterocycles. The lowest BCUT2D eigenvalue weighted by Crippen LogP contribution is -2.30. The number of nitrogens with one attached hydrogen (secondary N) is 2. The van der Waals surface area contributed by atoms with Crippen LogP contribution in [0.4, 0.5) is 0 Å². The zero-order valence-corrected chi connectivity index (χ0v) is 13.4. The second kappa shape index (κ2) is 5.89. The van der Waals surface area contributed by atoms with Crippen molar-refractivity contribution in [2.75, 3.05) is 0 Å². The molecule has 2 N–H and O–H groups in total. The quantitative estimate of drug-likeness (QED) is 0.910. The minimum absolute atomic E-state index is 0.0160. The Morgan fingerprint density at radius 1 is 1.52 bits per heavy atom. The van der Waals surface area contributed by atoms with Crippen molar-refractivity contribution in [1.82, 2.24) is 25.3 Å². The minimum Gasteiger partial charge on any atom is -0.349 e. The summed E-state index contributed by atoms with van der Waals surface area (Å²) < 4.78 is 1.53. The number of aromatic amines is 1. The van der Waals surface area contributed by atoms with Gasteiger partial charge in [-0.05, 0) is 13.0 Å².